The van der Waals surface area contributed by atoms with Crippen LogP contribution >= 0.6 is 11.8 Å². The lowest BCUT2D eigenvalue weighted by molar-refractivity contribution is 0.431. The molecule has 0 aromatic heterocycles. The van der Waals surface area contributed by atoms with E-state index in [1.54, 1.807) is 5.56 Å². The molecule has 1 aliphatic heterocycles. The standard InChI is InChI=1S/C19H23NS/c1-20-13-16(11-15-7-3-2-4-8-15)12-17-14-21-19-10-6-5-9-18(17)19/h2-10,16-17,20H,11-14H2,1H3. The highest BCUT2D eigenvalue weighted by molar-refractivity contribution is 7.99. The second-order valence-electron chi connectivity index (χ2n) is 5.89. The first-order chi connectivity index (χ1) is 10.4. The number of hydrogen-bond acceptors (Lipinski definition) is 2. The van der Waals surface area contributed by atoms with E-state index >= 15 is 0 Å². The predicted octanol–water partition coefficient (Wildman–Crippen LogP) is 4.34. The van der Waals surface area contributed by atoms with Gasteiger partial charge in [-0.25, -0.2) is 0 Å². The van der Waals surface area contributed by atoms with Gasteiger partial charge >= 0.3 is 0 Å². The monoisotopic (exact) mass is 297 g/mol. The highest BCUT2D eigenvalue weighted by atomic mass is 32.2. The van der Waals surface area contributed by atoms with Crippen LogP contribution in [0.5, 0.6) is 0 Å². The van der Waals surface area contributed by atoms with Crippen LogP contribution in [-0.2, 0) is 6.42 Å². The van der Waals surface area contributed by atoms with Crippen LogP contribution in [-0.4, -0.2) is 19.3 Å². The summed E-state index contributed by atoms with van der Waals surface area (Å²) in [6.07, 6.45) is 2.45. The van der Waals surface area contributed by atoms with Crippen molar-refractivity contribution >= 4 is 11.8 Å². The Morgan fingerprint density at radius 3 is 2.67 bits per heavy atom. The molecule has 3 rings (SSSR count). The summed E-state index contributed by atoms with van der Waals surface area (Å²) in [5.74, 6) is 2.66. The van der Waals surface area contributed by atoms with Gasteiger partial charge in [-0.1, -0.05) is 48.5 Å². The first-order valence-electron chi connectivity index (χ1n) is 7.77. The Morgan fingerprint density at radius 1 is 1.10 bits per heavy atom. The van der Waals surface area contributed by atoms with E-state index in [0.29, 0.717) is 11.8 Å². The summed E-state index contributed by atoms with van der Waals surface area (Å²) < 4.78 is 0. The molecule has 110 valence electrons. The van der Waals surface area contributed by atoms with Crippen molar-refractivity contribution in [2.75, 3.05) is 19.3 Å². The Balaban J connectivity index is 1.68. The second-order valence-corrected chi connectivity index (χ2v) is 6.96. The zero-order valence-electron chi connectivity index (χ0n) is 12.6. The molecule has 0 saturated carbocycles. The molecule has 0 fully saturated rings. The van der Waals surface area contributed by atoms with Gasteiger partial charge in [0.2, 0.25) is 0 Å². The summed E-state index contributed by atoms with van der Waals surface area (Å²) in [5, 5.41) is 3.38. The minimum absolute atomic E-state index is 0.703. The average molecular weight is 297 g/mol. The maximum absolute atomic E-state index is 3.38. The smallest absolute Gasteiger partial charge is 0.0107 e. The molecule has 2 heteroatoms. The Bertz CT molecular complexity index is 567. The van der Waals surface area contributed by atoms with Gasteiger partial charge < -0.3 is 5.32 Å². The van der Waals surface area contributed by atoms with Gasteiger partial charge in [0.05, 0.1) is 0 Å². The van der Waals surface area contributed by atoms with Gasteiger partial charge in [0, 0.05) is 10.6 Å². The number of benzene rings is 2. The fraction of sp³-hybridized carbons (Fsp3) is 0.368. The molecule has 2 aromatic carbocycles. The molecule has 2 unspecified atom stereocenters. The van der Waals surface area contributed by atoms with Crippen molar-refractivity contribution in [3.8, 4) is 0 Å². The van der Waals surface area contributed by atoms with E-state index in [-0.39, 0.29) is 0 Å². The molecule has 0 spiro atoms. The summed E-state index contributed by atoms with van der Waals surface area (Å²) in [6.45, 7) is 1.10. The molecular formula is C19H23NS. The van der Waals surface area contributed by atoms with Gasteiger partial charge in [-0.3, -0.25) is 0 Å². The Hall–Kier alpha value is -1.25. The molecule has 1 aliphatic rings. The molecule has 0 aliphatic carbocycles. The highest BCUT2D eigenvalue weighted by Crippen LogP contribution is 2.42. The minimum Gasteiger partial charge on any atom is -0.319 e. The number of nitrogens with one attached hydrogen (secondary N) is 1. The first kappa shape index (κ1) is 14.7. The minimum atomic E-state index is 0.703. The van der Waals surface area contributed by atoms with Crippen LogP contribution in [0.25, 0.3) is 0 Å². The molecule has 2 aromatic rings. The van der Waals surface area contributed by atoms with Gasteiger partial charge in [-0.15, -0.1) is 11.8 Å². The van der Waals surface area contributed by atoms with Crippen LogP contribution in [0.4, 0.5) is 0 Å². The average Bonchev–Trinajstić information content (AvgIpc) is 2.92. The lowest BCUT2D eigenvalue weighted by Crippen LogP contribution is -2.23. The number of hydrogen-bond donors (Lipinski definition) is 1. The predicted molar refractivity (Wildman–Crippen MR) is 92.1 cm³/mol. The molecule has 0 radical (unpaired) electrons. The van der Waals surface area contributed by atoms with Crippen molar-refractivity contribution in [3.05, 3.63) is 65.7 Å². The molecule has 1 heterocycles. The second kappa shape index (κ2) is 7.15. The fourth-order valence-corrected chi connectivity index (χ4v) is 4.57. The van der Waals surface area contributed by atoms with E-state index in [0.717, 1.165) is 6.54 Å². The third-order valence-corrected chi connectivity index (χ3v) is 5.53. The van der Waals surface area contributed by atoms with E-state index < -0.39 is 0 Å². The number of thioether (sulfide) groups is 1. The van der Waals surface area contributed by atoms with Gasteiger partial charge in [0.25, 0.3) is 0 Å². The van der Waals surface area contributed by atoms with Crippen molar-refractivity contribution in [1.82, 2.24) is 5.32 Å². The number of fused-ring (bicyclic) bond motifs is 1. The van der Waals surface area contributed by atoms with Gasteiger partial charge in [0.1, 0.15) is 0 Å². The molecule has 0 amide bonds. The third-order valence-electron chi connectivity index (χ3n) is 4.28. The molecule has 1 nitrogen and oxygen atoms in total. The summed E-state index contributed by atoms with van der Waals surface area (Å²) in [5.41, 5.74) is 3.02. The van der Waals surface area contributed by atoms with Gasteiger partial charge in [-0.2, -0.15) is 0 Å². The summed E-state index contributed by atoms with van der Waals surface area (Å²) in [6, 6.07) is 19.8. The SMILES string of the molecule is CNCC(Cc1ccccc1)CC1CSc2ccccc21. The number of rotatable bonds is 6. The van der Waals surface area contributed by atoms with E-state index in [1.807, 2.05) is 11.8 Å². The Morgan fingerprint density at radius 2 is 1.86 bits per heavy atom. The lowest BCUT2D eigenvalue weighted by atomic mass is 9.86. The normalized spacial score (nSPS) is 18.4. The van der Waals surface area contributed by atoms with Gasteiger partial charge in [-0.05, 0) is 55.5 Å². The third kappa shape index (κ3) is 3.69. The zero-order valence-corrected chi connectivity index (χ0v) is 13.4. The maximum atomic E-state index is 3.38. The maximum Gasteiger partial charge on any atom is 0.0107 e. The lowest BCUT2D eigenvalue weighted by Gasteiger charge is -2.21. The highest BCUT2D eigenvalue weighted by Gasteiger charge is 2.25. The molecule has 0 bridgehead atoms. The molecular weight excluding hydrogens is 274 g/mol. The molecule has 0 saturated heterocycles. The van der Waals surface area contributed by atoms with Crippen molar-refractivity contribution in [2.24, 2.45) is 5.92 Å². The Kier molecular flexibility index (Phi) is 5.00. The molecule has 1 N–H and O–H groups in total. The Labute approximate surface area is 132 Å². The molecule has 2 atom stereocenters. The van der Waals surface area contributed by atoms with Crippen LogP contribution < -0.4 is 5.32 Å². The van der Waals surface area contributed by atoms with E-state index in [4.69, 9.17) is 0 Å². The van der Waals surface area contributed by atoms with Crippen molar-refractivity contribution in [1.29, 1.82) is 0 Å². The molecule has 21 heavy (non-hydrogen) atoms. The van der Waals surface area contributed by atoms with Crippen LogP contribution in [0.2, 0.25) is 0 Å². The zero-order chi connectivity index (χ0) is 14.5. The van der Waals surface area contributed by atoms with Gasteiger partial charge in [0.15, 0.2) is 0 Å². The van der Waals surface area contributed by atoms with Crippen LogP contribution in [0, 0.1) is 5.92 Å². The largest absolute Gasteiger partial charge is 0.319 e. The van der Waals surface area contributed by atoms with Crippen LogP contribution in [0.1, 0.15) is 23.5 Å². The summed E-state index contributed by atoms with van der Waals surface area (Å²) in [4.78, 5) is 1.49. The van der Waals surface area contributed by atoms with E-state index in [2.05, 4.69) is 67.0 Å². The topological polar surface area (TPSA) is 12.0 Å². The quantitative estimate of drug-likeness (QED) is 0.851. The van der Waals surface area contributed by atoms with E-state index in [9.17, 15) is 0 Å². The van der Waals surface area contributed by atoms with Crippen LogP contribution in [0.3, 0.4) is 0 Å². The fourth-order valence-electron chi connectivity index (χ4n) is 3.30. The summed E-state index contributed by atoms with van der Waals surface area (Å²) >= 11 is 2.02. The van der Waals surface area contributed by atoms with E-state index in [1.165, 1.54) is 29.1 Å². The first-order valence-corrected chi connectivity index (χ1v) is 8.75. The van der Waals surface area contributed by atoms with Crippen LogP contribution in [0.15, 0.2) is 59.5 Å². The summed E-state index contributed by atoms with van der Waals surface area (Å²) in [7, 11) is 2.06. The van der Waals surface area contributed by atoms with Crippen molar-refractivity contribution in [2.45, 2.75) is 23.7 Å². The van der Waals surface area contributed by atoms with Crippen molar-refractivity contribution < 1.29 is 0 Å². The van der Waals surface area contributed by atoms with Crippen molar-refractivity contribution in [3.63, 3.8) is 0 Å².